The molecule has 1 N–H and O–H groups in total. The third-order valence-electron chi connectivity index (χ3n) is 6.44. The van der Waals surface area contributed by atoms with Gasteiger partial charge < -0.3 is 14.6 Å². The second kappa shape index (κ2) is 11.5. The summed E-state index contributed by atoms with van der Waals surface area (Å²) in [5, 5.41) is 12.5. The van der Waals surface area contributed by atoms with Crippen LogP contribution in [0.5, 0.6) is 0 Å². The lowest BCUT2D eigenvalue weighted by Gasteiger charge is -2.34. The molecule has 4 heterocycles. The Morgan fingerprint density at radius 3 is 2.52 bits per heavy atom. The number of anilines is 1. The predicted molar refractivity (Wildman–Crippen MR) is 154 cm³/mol. The van der Waals surface area contributed by atoms with Crippen molar-refractivity contribution in [2.75, 3.05) is 36.5 Å². The minimum absolute atomic E-state index is 0.104. The third-order valence-corrected chi connectivity index (χ3v) is 10.2. The van der Waals surface area contributed by atoms with Crippen LogP contribution in [0.4, 0.5) is 5.82 Å². The summed E-state index contributed by atoms with van der Waals surface area (Å²) in [5.41, 5.74) is 1.39. The molecule has 1 aliphatic heterocycles. The Balaban J connectivity index is 1.82. The molecule has 0 radical (unpaired) electrons. The van der Waals surface area contributed by atoms with E-state index in [1.165, 1.54) is 12.4 Å². The number of fused-ring (bicyclic) bond motifs is 1. The highest BCUT2D eigenvalue weighted by Crippen LogP contribution is 2.33. The lowest BCUT2D eigenvalue weighted by Crippen LogP contribution is -2.49. The van der Waals surface area contributed by atoms with Crippen LogP contribution in [0.3, 0.4) is 0 Å². The van der Waals surface area contributed by atoms with Crippen LogP contribution in [-0.4, -0.2) is 87.7 Å². The summed E-state index contributed by atoms with van der Waals surface area (Å²) in [4.78, 5) is 17.4. The summed E-state index contributed by atoms with van der Waals surface area (Å²) in [6.45, 7) is 8.69. The highest BCUT2D eigenvalue weighted by molar-refractivity contribution is 7.92. The molecular formula is C24H34N8O5S2Si. The van der Waals surface area contributed by atoms with E-state index in [-0.39, 0.29) is 29.4 Å². The molecule has 0 spiro atoms. The minimum atomic E-state index is -3.90. The first-order valence-corrected chi connectivity index (χ1v) is 20.2. The molecule has 3 aromatic heterocycles. The molecule has 0 bridgehead atoms. The number of sulfonamides is 1. The normalized spacial score (nSPS) is 16.6. The Kier molecular flexibility index (Phi) is 8.62. The van der Waals surface area contributed by atoms with Crippen molar-refractivity contribution in [2.24, 2.45) is 0 Å². The number of piperidine rings is 1. The number of rotatable bonds is 10. The van der Waals surface area contributed by atoms with Gasteiger partial charge in [0.25, 0.3) is 0 Å². The summed E-state index contributed by atoms with van der Waals surface area (Å²) in [7, 11) is -9.01. The number of hydrogen-bond acceptors (Lipinski definition) is 11. The van der Waals surface area contributed by atoms with Crippen molar-refractivity contribution in [3.8, 4) is 17.3 Å². The monoisotopic (exact) mass is 606 g/mol. The highest BCUT2D eigenvalue weighted by Gasteiger charge is 2.33. The lowest BCUT2D eigenvalue weighted by atomic mass is 10.1. The van der Waals surface area contributed by atoms with Crippen molar-refractivity contribution in [3.63, 3.8) is 0 Å². The van der Waals surface area contributed by atoms with Crippen LogP contribution < -0.4 is 9.62 Å². The average molecular weight is 607 g/mol. The molecule has 40 heavy (non-hydrogen) atoms. The van der Waals surface area contributed by atoms with E-state index in [4.69, 9.17) is 4.74 Å². The number of ether oxygens (including phenoxy) is 1. The van der Waals surface area contributed by atoms with Crippen LogP contribution in [-0.2, 0) is 31.3 Å². The molecule has 13 nitrogen and oxygen atoms in total. The van der Waals surface area contributed by atoms with E-state index in [9.17, 15) is 22.1 Å². The van der Waals surface area contributed by atoms with Gasteiger partial charge in [0.15, 0.2) is 11.5 Å². The van der Waals surface area contributed by atoms with Crippen LogP contribution >= 0.6 is 0 Å². The van der Waals surface area contributed by atoms with Gasteiger partial charge in [-0.25, -0.2) is 36.1 Å². The van der Waals surface area contributed by atoms with Crippen molar-refractivity contribution in [1.82, 2.24) is 29.8 Å². The van der Waals surface area contributed by atoms with Gasteiger partial charge in [-0.1, -0.05) is 19.6 Å². The molecule has 1 fully saturated rings. The van der Waals surface area contributed by atoms with Gasteiger partial charge in [0.1, 0.15) is 18.3 Å². The summed E-state index contributed by atoms with van der Waals surface area (Å²) in [5.74, 6) is -0.104. The Morgan fingerprint density at radius 2 is 1.93 bits per heavy atom. The zero-order valence-corrected chi connectivity index (χ0v) is 25.9. The molecule has 0 amide bonds. The number of aromatic nitrogens is 5. The molecule has 1 saturated heterocycles. The smallest absolute Gasteiger partial charge is 0.248 e. The summed E-state index contributed by atoms with van der Waals surface area (Å²) < 4.78 is 59.5. The molecule has 4 rings (SSSR count). The van der Waals surface area contributed by atoms with E-state index in [2.05, 4.69) is 51.0 Å². The van der Waals surface area contributed by atoms with Gasteiger partial charge >= 0.3 is 0 Å². The number of nitrogens with one attached hydrogen (secondary N) is 1. The SMILES string of the molecule is C[Si](C)(C)CCOCn1cc(C#N)c2nc(-c3cnc(S(C)(=O)=O)nc3N(C3CCCNC3)S(C)(=O)=O)cnc21. The van der Waals surface area contributed by atoms with E-state index in [0.29, 0.717) is 30.7 Å². The first-order chi connectivity index (χ1) is 18.7. The highest BCUT2D eigenvalue weighted by atomic mass is 32.2. The Bertz CT molecular complexity index is 1660. The third kappa shape index (κ3) is 6.84. The van der Waals surface area contributed by atoms with Gasteiger partial charge in [-0.05, 0) is 25.4 Å². The summed E-state index contributed by atoms with van der Waals surface area (Å²) >= 11 is 0. The molecule has 1 atom stereocenters. The Labute approximate surface area is 235 Å². The number of sulfone groups is 1. The molecule has 0 aliphatic carbocycles. The van der Waals surface area contributed by atoms with Gasteiger partial charge in [0, 0.05) is 39.9 Å². The fourth-order valence-electron chi connectivity index (χ4n) is 4.42. The molecule has 216 valence electrons. The van der Waals surface area contributed by atoms with E-state index >= 15 is 0 Å². The largest absolute Gasteiger partial charge is 0.361 e. The standard InChI is InChI=1S/C24H34N8O5S2Si/c1-38(33,34)24-28-13-19(22(30-24)32(39(2,35)36)18-7-6-8-26-12-18)20-14-27-23-21(29-20)17(11-25)15-31(23)16-37-9-10-40(3,4)5/h13-15,18,26H,6-10,12,16H2,1-5H3. The molecule has 0 saturated carbocycles. The zero-order valence-electron chi connectivity index (χ0n) is 23.2. The van der Waals surface area contributed by atoms with Crippen LogP contribution in [0, 0.1) is 11.3 Å². The van der Waals surface area contributed by atoms with Crippen molar-refractivity contribution in [2.45, 2.75) is 56.5 Å². The molecule has 16 heteroatoms. The lowest BCUT2D eigenvalue weighted by molar-refractivity contribution is 0.0898. The van der Waals surface area contributed by atoms with Gasteiger partial charge in [-0.15, -0.1) is 0 Å². The number of nitrogens with zero attached hydrogens (tertiary/aromatic N) is 7. The van der Waals surface area contributed by atoms with Crippen LogP contribution in [0.15, 0.2) is 23.7 Å². The van der Waals surface area contributed by atoms with Crippen LogP contribution in [0.25, 0.3) is 22.4 Å². The van der Waals surface area contributed by atoms with E-state index in [1.807, 2.05) is 0 Å². The summed E-state index contributed by atoms with van der Waals surface area (Å²) in [6.07, 6.45) is 7.60. The number of hydrogen-bond donors (Lipinski definition) is 1. The molecule has 1 unspecified atom stereocenters. The summed E-state index contributed by atoms with van der Waals surface area (Å²) in [6, 6.07) is 2.63. The fraction of sp³-hybridized carbons (Fsp3) is 0.542. The maximum absolute atomic E-state index is 13.1. The van der Waals surface area contributed by atoms with Crippen molar-refractivity contribution < 1.29 is 21.6 Å². The van der Waals surface area contributed by atoms with Crippen molar-refractivity contribution in [1.29, 1.82) is 5.26 Å². The maximum atomic E-state index is 13.1. The van der Waals surface area contributed by atoms with Crippen molar-refractivity contribution in [3.05, 3.63) is 24.2 Å². The zero-order chi connectivity index (χ0) is 29.3. The Morgan fingerprint density at radius 1 is 1.18 bits per heavy atom. The topological polar surface area (TPSA) is 173 Å². The Hall–Kier alpha value is -2.97. The molecule has 0 aromatic carbocycles. The number of nitriles is 1. The quantitative estimate of drug-likeness (QED) is 0.203. The first-order valence-electron chi connectivity index (χ1n) is 12.8. The second-order valence-corrected chi connectivity index (χ2v) is 20.5. The molecule has 3 aromatic rings. The molecule has 1 aliphatic rings. The minimum Gasteiger partial charge on any atom is -0.361 e. The van der Waals surface area contributed by atoms with Gasteiger partial charge in [-0.3, -0.25) is 0 Å². The van der Waals surface area contributed by atoms with Gasteiger partial charge in [0.2, 0.25) is 25.0 Å². The average Bonchev–Trinajstić information content (AvgIpc) is 3.22. The van der Waals surface area contributed by atoms with Crippen LogP contribution in [0.2, 0.25) is 25.7 Å². The maximum Gasteiger partial charge on any atom is 0.248 e. The van der Waals surface area contributed by atoms with Gasteiger partial charge in [-0.2, -0.15) is 10.2 Å². The van der Waals surface area contributed by atoms with E-state index in [1.54, 1.807) is 10.8 Å². The van der Waals surface area contributed by atoms with Crippen molar-refractivity contribution >= 4 is 44.9 Å². The van der Waals surface area contributed by atoms with Crippen LogP contribution in [0.1, 0.15) is 18.4 Å². The first kappa shape index (κ1) is 30.0. The fourth-order valence-corrected chi connectivity index (χ4v) is 6.85. The molecular weight excluding hydrogens is 573 g/mol. The predicted octanol–water partition coefficient (Wildman–Crippen LogP) is 1.99. The second-order valence-electron chi connectivity index (χ2n) is 11.1. The van der Waals surface area contributed by atoms with E-state index in [0.717, 1.165) is 35.8 Å². The van der Waals surface area contributed by atoms with Gasteiger partial charge in [0.05, 0.1) is 35.3 Å². The van der Waals surface area contributed by atoms with E-state index < -0.39 is 39.1 Å².